The third-order valence-corrected chi connectivity index (χ3v) is 6.05. The second-order valence-corrected chi connectivity index (χ2v) is 10.2. The lowest BCUT2D eigenvalue weighted by Crippen LogP contribution is -2.75. The molecule has 224 valence electrons. The quantitative estimate of drug-likeness (QED) is 0.163. The number of quaternary nitrogens is 1. The van der Waals surface area contributed by atoms with E-state index in [-0.39, 0.29) is 11.0 Å². The molecule has 0 radical (unpaired) electrons. The van der Waals surface area contributed by atoms with Gasteiger partial charge in [-0.25, -0.2) is 8.42 Å². The minimum Gasteiger partial charge on any atom is -0.331 e. The molecule has 0 spiro atoms. The van der Waals surface area contributed by atoms with Crippen LogP contribution >= 0.6 is 0 Å². The molecular weight excluding hydrogens is 602 g/mol. The molecule has 0 aliphatic carbocycles. The molecule has 0 fully saturated rings. The first kappa shape index (κ1) is 35.6. The fourth-order valence-corrected chi connectivity index (χ4v) is 3.30. The van der Waals surface area contributed by atoms with Crippen LogP contribution in [0.2, 0.25) is 0 Å². The lowest BCUT2D eigenvalue weighted by Gasteiger charge is -2.42. The Bertz CT molecular complexity index is 922. The SMILES string of the molecule is C[N+](C)(C)CCCN(F)S(=O)(=O)C(F)(F)C(F)(F)C(F)(F)C(F)(F)C(F)(F)C(F)(F)C(F)(F)C(F)(F)F. The lowest BCUT2D eigenvalue weighted by molar-refractivity contribution is -0.870. The summed E-state index contributed by atoms with van der Waals surface area (Å²) in [6, 6.07) is 0. The van der Waals surface area contributed by atoms with Crippen LogP contribution in [0.4, 0.5) is 79.1 Å². The van der Waals surface area contributed by atoms with E-state index in [2.05, 4.69) is 0 Å². The van der Waals surface area contributed by atoms with Gasteiger partial charge in [0.2, 0.25) is 0 Å². The van der Waals surface area contributed by atoms with Gasteiger partial charge in [-0.1, -0.05) is 0 Å². The predicted octanol–water partition coefficient (Wildman–Crippen LogP) is 5.57. The van der Waals surface area contributed by atoms with Gasteiger partial charge in [-0.05, 0) is 4.53 Å². The molecule has 0 aromatic rings. The Kier molecular flexibility index (Phi) is 9.01. The molecule has 0 aromatic carbocycles. The van der Waals surface area contributed by atoms with Crippen LogP contribution in [0.1, 0.15) is 6.42 Å². The van der Waals surface area contributed by atoms with Crippen molar-refractivity contribution in [3.05, 3.63) is 0 Å². The smallest absolute Gasteiger partial charge is 0.331 e. The van der Waals surface area contributed by atoms with Gasteiger partial charge >= 0.3 is 57.0 Å². The molecule has 4 nitrogen and oxygen atoms in total. The molecule has 0 atom stereocenters. The van der Waals surface area contributed by atoms with Crippen LogP contribution in [0.15, 0.2) is 0 Å². The molecule has 37 heavy (non-hydrogen) atoms. The number of rotatable bonds is 12. The van der Waals surface area contributed by atoms with Crippen LogP contribution in [-0.2, 0) is 10.0 Å². The van der Waals surface area contributed by atoms with Crippen molar-refractivity contribution in [2.24, 2.45) is 0 Å². The number of nitrogens with zero attached hydrogens (tertiary/aromatic N) is 2. The van der Waals surface area contributed by atoms with Crippen molar-refractivity contribution in [3.8, 4) is 0 Å². The van der Waals surface area contributed by atoms with Crippen LogP contribution in [0.25, 0.3) is 0 Å². The highest BCUT2D eigenvalue weighted by atomic mass is 32.2. The lowest BCUT2D eigenvalue weighted by atomic mass is 9.91. The zero-order valence-corrected chi connectivity index (χ0v) is 18.9. The maximum Gasteiger partial charge on any atom is 0.460 e. The third kappa shape index (κ3) is 5.26. The van der Waals surface area contributed by atoms with E-state index in [1.54, 1.807) is 0 Å². The Balaban J connectivity index is 6.71. The van der Waals surface area contributed by atoms with Crippen LogP contribution in [0, 0.1) is 0 Å². The van der Waals surface area contributed by atoms with E-state index in [1.807, 2.05) is 0 Å². The zero-order valence-electron chi connectivity index (χ0n) is 18.0. The summed E-state index contributed by atoms with van der Waals surface area (Å²) in [5.74, 6) is -52.3. The highest BCUT2D eigenvalue weighted by molar-refractivity contribution is 7.90. The number of hydrogen-bond acceptors (Lipinski definition) is 2. The molecule has 23 heteroatoms. The van der Waals surface area contributed by atoms with Gasteiger partial charge in [-0.2, -0.15) is 74.6 Å². The van der Waals surface area contributed by atoms with E-state index in [4.69, 9.17) is 0 Å². The summed E-state index contributed by atoms with van der Waals surface area (Å²) in [4.78, 5) is 0. The summed E-state index contributed by atoms with van der Waals surface area (Å²) in [6.45, 7) is -2.21. The standard InChI is InChI=1S/C14H15F18N2O2S/c1-34(2,3)6-4-5-33(32)37(35,36)14(30,31)12(25,26)10(21,22)8(17,18)7(15,16)9(19,20)11(23,24)13(27,28)29/h4-6H2,1-3H3/q+1. The van der Waals surface area contributed by atoms with Gasteiger partial charge in [-0.3, -0.25) is 0 Å². The minimum atomic E-state index is -8.95. The second kappa shape index (κ2) is 9.37. The molecule has 0 rings (SSSR count). The Morgan fingerprint density at radius 1 is 0.568 bits per heavy atom. The van der Waals surface area contributed by atoms with Gasteiger partial charge in [0.1, 0.15) is 0 Å². The molecule has 0 bridgehead atoms. The molecule has 0 aliphatic heterocycles. The van der Waals surface area contributed by atoms with Crippen LogP contribution in [0.5, 0.6) is 0 Å². The number of halogens is 18. The third-order valence-electron chi connectivity index (χ3n) is 4.44. The van der Waals surface area contributed by atoms with E-state index in [9.17, 15) is 87.5 Å². The molecule has 0 N–H and O–H groups in total. The number of alkyl halides is 17. The van der Waals surface area contributed by atoms with Crippen molar-refractivity contribution in [1.29, 1.82) is 0 Å². The summed E-state index contributed by atoms with van der Waals surface area (Å²) >= 11 is 0. The Labute approximate surface area is 195 Å². The monoisotopic (exact) mass is 617 g/mol. The van der Waals surface area contributed by atoms with Gasteiger partial charge in [0.15, 0.2) is 0 Å². The highest BCUT2D eigenvalue weighted by Gasteiger charge is 2.96. The summed E-state index contributed by atoms with van der Waals surface area (Å²) < 4.78 is 258. The molecule has 0 saturated carbocycles. The van der Waals surface area contributed by atoms with Crippen molar-refractivity contribution in [3.63, 3.8) is 0 Å². The molecule has 0 unspecified atom stereocenters. The average Bonchev–Trinajstić information content (AvgIpc) is 2.64. The van der Waals surface area contributed by atoms with Crippen molar-refractivity contribution in [1.82, 2.24) is 4.53 Å². The number of sulfonamides is 1. The van der Waals surface area contributed by atoms with E-state index >= 15 is 0 Å². The van der Waals surface area contributed by atoms with Crippen molar-refractivity contribution >= 4 is 10.0 Å². The van der Waals surface area contributed by atoms with Crippen LogP contribution in [-0.4, -0.2) is 98.6 Å². The van der Waals surface area contributed by atoms with Crippen molar-refractivity contribution < 1.29 is 92.0 Å². The fraction of sp³-hybridized carbons (Fsp3) is 1.00. The fourth-order valence-electron chi connectivity index (χ4n) is 2.23. The first-order valence-electron chi connectivity index (χ1n) is 8.83. The number of hydrogen-bond donors (Lipinski definition) is 0. The topological polar surface area (TPSA) is 37.4 Å². The van der Waals surface area contributed by atoms with Crippen molar-refractivity contribution in [2.45, 2.75) is 53.4 Å². The first-order valence-corrected chi connectivity index (χ1v) is 10.3. The first-order chi connectivity index (χ1) is 15.6. The van der Waals surface area contributed by atoms with E-state index in [1.165, 1.54) is 21.1 Å². The van der Waals surface area contributed by atoms with E-state index < -0.39 is 74.5 Å². The minimum absolute atomic E-state index is 0.184. The summed E-state index contributed by atoms with van der Waals surface area (Å²) in [5.41, 5.74) is 0. The second-order valence-electron chi connectivity index (χ2n) is 8.34. The molecular formula is C14H15F18N2O2S+. The van der Waals surface area contributed by atoms with Crippen molar-refractivity contribution in [2.75, 3.05) is 34.2 Å². The highest BCUT2D eigenvalue weighted by Crippen LogP contribution is 2.64. The van der Waals surface area contributed by atoms with Crippen LogP contribution < -0.4 is 0 Å². The van der Waals surface area contributed by atoms with E-state index in [0.29, 0.717) is 0 Å². The summed E-state index contributed by atoms with van der Waals surface area (Å²) in [7, 11) is -3.93. The van der Waals surface area contributed by atoms with Gasteiger partial charge in [-0.15, -0.1) is 4.48 Å². The molecule has 0 aromatic heterocycles. The summed E-state index contributed by atoms with van der Waals surface area (Å²) in [6.07, 6.45) is -8.77. The molecule has 0 amide bonds. The predicted molar refractivity (Wildman–Crippen MR) is 84.9 cm³/mol. The van der Waals surface area contributed by atoms with Gasteiger partial charge < -0.3 is 4.48 Å². The van der Waals surface area contributed by atoms with Gasteiger partial charge in [0.05, 0.1) is 34.2 Å². The Hall–Kier alpha value is -1.39. The Morgan fingerprint density at radius 3 is 1.16 bits per heavy atom. The normalized spacial score (nSPS) is 16.5. The summed E-state index contributed by atoms with van der Waals surface area (Å²) in [5, 5.41) is -7.89. The molecule has 0 aliphatic rings. The van der Waals surface area contributed by atoms with Gasteiger partial charge in [0.25, 0.3) is 0 Å². The molecule has 0 heterocycles. The maximum absolute atomic E-state index is 13.8. The van der Waals surface area contributed by atoms with Gasteiger partial charge in [0, 0.05) is 6.42 Å². The van der Waals surface area contributed by atoms with E-state index in [0.717, 1.165) is 0 Å². The van der Waals surface area contributed by atoms with Crippen LogP contribution in [0.3, 0.4) is 0 Å². The maximum atomic E-state index is 13.8. The largest absolute Gasteiger partial charge is 0.460 e. The molecule has 0 saturated heterocycles. The average molecular weight is 617 g/mol. The Morgan fingerprint density at radius 2 is 0.865 bits per heavy atom. The zero-order chi connectivity index (χ0) is 30.7.